The highest BCUT2D eigenvalue weighted by atomic mass is 16.5. The fourth-order valence-electron chi connectivity index (χ4n) is 2.45. The minimum atomic E-state index is 0.547. The summed E-state index contributed by atoms with van der Waals surface area (Å²) in [7, 11) is 1.79. The maximum Gasteiger partial charge on any atom is 0.0620 e. The molecular weight excluding hydrogens is 216 g/mol. The predicted molar refractivity (Wildman–Crippen MR) is 68.3 cm³/mol. The van der Waals surface area contributed by atoms with Crippen LogP contribution in [-0.4, -0.2) is 52.6 Å². The van der Waals surface area contributed by atoms with Crippen molar-refractivity contribution in [1.29, 1.82) is 0 Å². The Kier molecular flexibility index (Phi) is 5.22. The second-order valence-corrected chi connectivity index (χ2v) is 5.43. The van der Waals surface area contributed by atoms with Crippen molar-refractivity contribution in [2.45, 2.75) is 31.7 Å². The van der Waals surface area contributed by atoms with E-state index in [-0.39, 0.29) is 0 Å². The summed E-state index contributed by atoms with van der Waals surface area (Å²) in [6.45, 7) is 5.89. The maximum absolute atomic E-state index is 5.44. The molecule has 0 aromatic rings. The lowest BCUT2D eigenvalue weighted by molar-refractivity contribution is 0.0741. The third-order valence-corrected chi connectivity index (χ3v) is 3.96. The molecule has 17 heavy (non-hydrogen) atoms. The zero-order chi connectivity index (χ0) is 12.0. The number of rotatable bonds is 8. The smallest absolute Gasteiger partial charge is 0.0620 e. The van der Waals surface area contributed by atoms with Crippen molar-refractivity contribution in [1.82, 2.24) is 10.6 Å². The Balaban J connectivity index is 1.50. The average molecular weight is 242 g/mol. The molecule has 2 rings (SSSR count). The van der Waals surface area contributed by atoms with Crippen LogP contribution < -0.4 is 10.6 Å². The summed E-state index contributed by atoms with van der Waals surface area (Å²) < 4.78 is 10.6. The molecule has 1 saturated carbocycles. The van der Waals surface area contributed by atoms with E-state index in [1.807, 2.05) is 0 Å². The van der Waals surface area contributed by atoms with E-state index in [4.69, 9.17) is 9.47 Å². The van der Waals surface area contributed by atoms with Gasteiger partial charge < -0.3 is 20.1 Å². The molecule has 1 heterocycles. The molecule has 1 aliphatic heterocycles. The molecule has 2 fully saturated rings. The van der Waals surface area contributed by atoms with Crippen LogP contribution in [0.2, 0.25) is 0 Å². The second-order valence-electron chi connectivity index (χ2n) is 5.43. The summed E-state index contributed by atoms with van der Waals surface area (Å²) in [5.41, 5.74) is 0.562. The van der Waals surface area contributed by atoms with Gasteiger partial charge >= 0.3 is 0 Å². The topological polar surface area (TPSA) is 42.5 Å². The predicted octanol–water partition coefficient (Wildman–Crippen LogP) is 0.771. The van der Waals surface area contributed by atoms with Crippen molar-refractivity contribution in [3.63, 3.8) is 0 Å². The summed E-state index contributed by atoms with van der Waals surface area (Å²) >= 11 is 0. The molecule has 0 radical (unpaired) electrons. The van der Waals surface area contributed by atoms with Gasteiger partial charge in [0.2, 0.25) is 0 Å². The van der Waals surface area contributed by atoms with Gasteiger partial charge in [-0.2, -0.15) is 0 Å². The van der Waals surface area contributed by atoms with Gasteiger partial charge in [-0.3, -0.25) is 0 Å². The van der Waals surface area contributed by atoms with Crippen molar-refractivity contribution in [2.24, 2.45) is 5.41 Å². The first kappa shape index (κ1) is 13.3. The van der Waals surface area contributed by atoms with Crippen molar-refractivity contribution in [3.8, 4) is 0 Å². The van der Waals surface area contributed by atoms with Crippen LogP contribution in [0.15, 0.2) is 0 Å². The van der Waals surface area contributed by atoms with Crippen LogP contribution in [0, 0.1) is 5.41 Å². The Hall–Kier alpha value is -0.160. The van der Waals surface area contributed by atoms with E-state index in [9.17, 15) is 0 Å². The van der Waals surface area contributed by atoms with Gasteiger partial charge in [-0.1, -0.05) is 0 Å². The van der Waals surface area contributed by atoms with Gasteiger partial charge in [0.25, 0.3) is 0 Å². The molecule has 1 unspecified atom stereocenters. The van der Waals surface area contributed by atoms with Gasteiger partial charge in [0.1, 0.15) is 0 Å². The lowest BCUT2D eigenvalue weighted by atomic mass is 10.0. The molecule has 100 valence electrons. The molecule has 0 aromatic heterocycles. The standard InChI is InChI=1S/C13H26N2O2/c1-16-8-5-13(3-4-13)11-14-6-2-12-10-17-9-7-15-12/h12,14-15H,2-11H2,1H3. The van der Waals surface area contributed by atoms with Crippen molar-refractivity contribution in [3.05, 3.63) is 0 Å². The van der Waals surface area contributed by atoms with Crippen LogP contribution in [0.1, 0.15) is 25.7 Å². The van der Waals surface area contributed by atoms with E-state index < -0.39 is 0 Å². The van der Waals surface area contributed by atoms with Gasteiger partial charge in [0, 0.05) is 32.8 Å². The molecule has 2 N–H and O–H groups in total. The summed E-state index contributed by atoms with van der Waals surface area (Å²) in [5, 5.41) is 7.07. The fraction of sp³-hybridized carbons (Fsp3) is 1.00. The van der Waals surface area contributed by atoms with Crippen LogP contribution in [0.5, 0.6) is 0 Å². The molecule has 0 spiro atoms. The van der Waals surface area contributed by atoms with Crippen LogP contribution >= 0.6 is 0 Å². The minimum Gasteiger partial charge on any atom is -0.385 e. The highest BCUT2D eigenvalue weighted by Crippen LogP contribution is 2.48. The summed E-state index contributed by atoms with van der Waals surface area (Å²) in [6.07, 6.45) is 5.12. The highest BCUT2D eigenvalue weighted by molar-refractivity contribution is 4.94. The molecule has 0 bridgehead atoms. The number of methoxy groups -OCH3 is 1. The number of morpholine rings is 1. The average Bonchev–Trinajstić information content (AvgIpc) is 3.14. The Bertz CT molecular complexity index is 213. The molecule has 0 amide bonds. The van der Waals surface area contributed by atoms with Crippen LogP contribution in [0.25, 0.3) is 0 Å². The quantitative estimate of drug-likeness (QED) is 0.617. The van der Waals surface area contributed by atoms with Crippen molar-refractivity contribution < 1.29 is 9.47 Å². The van der Waals surface area contributed by atoms with Gasteiger partial charge in [0.15, 0.2) is 0 Å². The van der Waals surface area contributed by atoms with Crippen LogP contribution in [-0.2, 0) is 9.47 Å². The normalized spacial score (nSPS) is 27.0. The summed E-state index contributed by atoms with van der Waals surface area (Å²) in [6, 6.07) is 0.547. The molecular formula is C13H26N2O2. The largest absolute Gasteiger partial charge is 0.385 e. The fourth-order valence-corrected chi connectivity index (χ4v) is 2.45. The van der Waals surface area contributed by atoms with E-state index in [1.165, 1.54) is 25.7 Å². The zero-order valence-electron chi connectivity index (χ0n) is 11.0. The van der Waals surface area contributed by atoms with Gasteiger partial charge in [-0.25, -0.2) is 0 Å². The maximum atomic E-state index is 5.44. The summed E-state index contributed by atoms with van der Waals surface area (Å²) in [5.74, 6) is 0. The first-order valence-electron chi connectivity index (χ1n) is 6.85. The monoisotopic (exact) mass is 242 g/mol. The Morgan fingerprint density at radius 3 is 3.00 bits per heavy atom. The van der Waals surface area contributed by atoms with Gasteiger partial charge in [0.05, 0.1) is 13.2 Å². The number of hydrogen-bond acceptors (Lipinski definition) is 4. The van der Waals surface area contributed by atoms with Crippen molar-refractivity contribution in [2.75, 3.05) is 46.6 Å². The number of ether oxygens (including phenoxy) is 2. The minimum absolute atomic E-state index is 0.547. The van der Waals surface area contributed by atoms with E-state index in [0.29, 0.717) is 11.5 Å². The lowest BCUT2D eigenvalue weighted by Gasteiger charge is -2.24. The Morgan fingerprint density at radius 2 is 2.35 bits per heavy atom. The number of hydrogen-bond donors (Lipinski definition) is 2. The van der Waals surface area contributed by atoms with E-state index in [2.05, 4.69) is 10.6 Å². The first-order chi connectivity index (χ1) is 8.35. The van der Waals surface area contributed by atoms with E-state index >= 15 is 0 Å². The third-order valence-electron chi connectivity index (χ3n) is 3.96. The lowest BCUT2D eigenvalue weighted by Crippen LogP contribution is -2.43. The highest BCUT2D eigenvalue weighted by Gasteiger charge is 2.41. The third kappa shape index (κ3) is 4.54. The molecule has 4 heteroatoms. The zero-order valence-corrected chi connectivity index (χ0v) is 11.0. The molecule has 4 nitrogen and oxygen atoms in total. The van der Waals surface area contributed by atoms with Crippen LogP contribution in [0.4, 0.5) is 0 Å². The molecule has 1 aliphatic carbocycles. The molecule has 2 aliphatic rings. The molecule has 0 aromatic carbocycles. The van der Waals surface area contributed by atoms with E-state index in [1.54, 1.807) is 7.11 Å². The van der Waals surface area contributed by atoms with Crippen molar-refractivity contribution >= 4 is 0 Å². The molecule has 1 atom stereocenters. The number of nitrogens with one attached hydrogen (secondary N) is 2. The van der Waals surface area contributed by atoms with E-state index in [0.717, 1.165) is 39.5 Å². The summed E-state index contributed by atoms with van der Waals surface area (Å²) in [4.78, 5) is 0. The van der Waals surface area contributed by atoms with Gasteiger partial charge in [-0.05, 0) is 37.6 Å². The first-order valence-corrected chi connectivity index (χ1v) is 6.85. The second kappa shape index (κ2) is 6.69. The van der Waals surface area contributed by atoms with Gasteiger partial charge in [-0.15, -0.1) is 0 Å². The Morgan fingerprint density at radius 1 is 1.47 bits per heavy atom. The Labute approximate surface area is 104 Å². The molecule has 1 saturated heterocycles. The van der Waals surface area contributed by atoms with Crippen LogP contribution in [0.3, 0.4) is 0 Å². The SMILES string of the molecule is COCCC1(CNCCC2COCCN2)CC1.